The van der Waals surface area contributed by atoms with Crippen LogP contribution in [0.3, 0.4) is 0 Å². The van der Waals surface area contributed by atoms with Crippen LogP contribution in [0.25, 0.3) is 0 Å². The van der Waals surface area contributed by atoms with E-state index in [4.69, 9.17) is 0 Å². The number of amides is 1. The van der Waals surface area contributed by atoms with E-state index in [1.54, 1.807) is 6.07 Å². The fraction of sp³-hybridized carbons (Fsp3) is 0.333. The summed E-state index contributed by atoms with van der Waals surface area (Å²) in [7, 11) is 0. The molecule has 2 rings (SSSR count). The highest BCUT2D eigenvalue weighted by Crippen LogP contribution is 2.16. The number of nitrogens with zero attached hydrogens (tertiary/aromatic N) is 4. The molecule has 6 nitrogen and oxygen atoms in total. The summed E-state index contributed by atoms with van der Waals surface area (Å²) in [4.78, 5) is 16.3. The van der Waals surface area contributed by atoms with Crippen molar-refractivity contribution in [2.45, 2.75) is 27.3 Å². The van der Waals surface area contributed by atoms with Gasteiger partial charge in [-0.1, -0.05) is 0 Å². The summed E-state index contributed by atoms with van der Waals surface area (Å²) in [6, 6.07) is 1.76. The van der Waals surface area contributed by atoms with Crippen LogP contribution < -0.4 is 5.32 Å². The van der Waals surface area contributed by atoms with E-state index < -0.39 is 0 Å². The van der Waals surface area contributed by atoms with E-state index in [0.717, 1.165) is 15.9 Å². The number of carbonyl (C=O) groups excluding carboxylic acids is 1. The number of rotatable bonds is 3. The maximum atomic E-state index is 12.1. The van der Waals surface area contributed by atoms with Gasteiger partial charge >= 0.3 is 0 Å². The Labute approximate surface area is 119 Å². The third kappa shape index (κ3) is 2.98. The molecule has 0 saturated heterocycles. The van der Waals surface area contributed by atoms with E-state index in [1.165, 1.54) is 0 Å². The second-order valence-corrected chi connectivity index (χ2v) is 5.01. The van der Waals surface area contributed by atoms with Crippen molar-refractivity contribution in [1.29, 1.82) is 0 Å². The SMILES string of the molecule is CCn1cc(Br)cc1C(=O)Nc1nnc(C)c(C)n1. The van der Waals surface area contributed by atoms with E-state index in [1.807, 2.05) is 31.5 Å². The molecule has 0 spiro atoms. The number of hydrogen-bond donors (Lipinski definition) is 1. The van der Waals surface area contributed by atoms with Gasteiger partial charge in [-0.25, -0.2) is 4.98 Å². The van der Waals surface area contributed by atoms with Crippen LogP contribution in [0.15, 0.2) is 16.7 Å². The molecule has 0 bridgehead atoms. The monoisotopic (exact) mass is 323 g/mol. The van der Waals surface area contributed by atoms with Gasteiger partial charge in [0.15, 0.2) is 0 Å². The second kappa shape index (κ2) is 5.48. The van der Waals surface area contributed by atoms with Gasteiger partial charge in [-0.2, -0.15) is 5.10 Å². The fourth-order valence-corrected chi connectivity index (χ4v) is 2.07. The lowest BCUT2D eigenvalue weighted by atomic mass is 10.4. The van der Waals surface area contributed by atoms with Crippen LogP contribution in [-0.2, 0) is 6.54 Å². The minimum atomic E-state index is -0.252. The van der Waals surface area contributed by atoms with Crippen LogP contribution in [0.2, 0.25) is 0 Å². The first-order valence-electron chi connectivity index (χ1n) is 5.86. The van der Waals surface area contributed by atoms with Crippen LogP contribution in [-0.4, -0.2) is 25.7 Å². The van der Waals surface area contributed by atoms with Gasteiger partial charge in [-0.15, -0.1) is 5.10 Å². The van der Waals surface area contributed by atoms with Gasteiger partial charge in [0, 0.05) is 17.2 Å². The van der Waals surface area contributed by atoms with Gasteiger partial charge in [-0.05, 0) is 42.8 Å². The summed E-state index contributed by atoms with van der Waals surface area (Å²) in [6.45, 7) is 6.32. The Morgan fingerprint density at radius 3 is 2.74 bits per heavy atom. The van der Waals surface area contributed by atoms with Crippen molar-refractivity contribution in [2.24, 2.45) is 0 Å². The molecular weight excluding hydrogens is 310 g/mol. The van der Waals surface area contributed by atoms with Gasteiger partial charge in [0.1, 0.15) is 5.69 Å². The summed E-state index contributed by atoms with van der Waals surface area (Å²) in [6.07, 6.45) is 1.86. The average molecular weight is 324 g/mol. The Morgan fingerprint density at radius 2 is 2.11 bits per heavy atom. The number of anilines is 1. The number of carbonyl (C=O) groups is 1. The summed E-state index contributed by atoms with van der Waals surface area (Å²) < 4.78 is 2.70. The number of hydrogen-bond acceptors (Lipinski definition) is 4. The molecule has 0 aromatic carbocycles. The molecule has 7 heteroatoms. The maximum absolute atomic E-state index is 12.1. The summed E-state index contributed by atoms with van der Waals surface area (Å²) in [5.74, 6) is -0.0364. The van der Waals surface area contributed by atoms with Crippen molar-refractivity contribution < 1.29 is 4.79 Å². The lowest BCUT2D eigenvalue weighted by Crippen LogP contribution is -2.18. The molecule has 0 saturated carbocycles. The summed E-state index contributed by atoms with van der Waals surface area (Å²) in [5.41, 5.74) is 2.05. The minimum absolute atomic E-state index is 0.216. The van der Waals surface area contributed by atoms with Crippen molar-refractivity contribution in [3.05, 3.63) is 33.8 Å². The zero-order chi connectivity index (χ0) is 14.0. The molecule has 0 aliphatic rings. The van der Waals surface area contributed by atoms with Crippen LogP contribution in [0.1, 0.15) is 28.8 Å². The van der Waals surface area contributed by atoms with Crippen molar-refractivity contribution in [2.75, 3.05) is 5.32 Å². The Morgan fingerprint density at radius 1 is 1.37 bits per heavy atom. The molecule has 1 amide bonds. The lowest BCUT2D eigenvalue weighted by molar-refractivity contribution is 0.101. The van der Waals surface area contributed by atoms with Crippen molar-refractivity contribution in [1.82, 2.24) is 19.7 Å². The standard InChI is InChI=1S/C12H14BrN5O/c1-4-18-6-9(13)5-10(18)11(19)15-12-14-7(2)8(3)16-17-12/h5-6H,4H2,1-3H3,(H,14,15,17,19). The predicted molar refractivity (Wildman–Crippen MR) is 75.1 cm³/mol. The lowest BCUT2D eigenvalue weighted by Gasteiger charge is -2.06. The average Bonchev–Trinajstić information content (AvgIpc) is 2.75. The molecule has 0 aliphatic carbocycles. The summed E-state index contributed by atoms with van der Waals surface area (Å²) >= 11 is 3.35. The Bertz CT molecular complexity index is 623. The van der Waals surface area contributed by atoms with Crippen LogP contribution in [0.5, 0.6) is 0 Å². The first-order valence-corrected chi connectivity index (χ1v) is 6.65. The minimum Gasteiger partial charge on any atom is -0.343 e. The molecule has 2 aromatic rings. The zero-order valence-electron chi connectivity index (χ0n) is 10.9. The topological polar surface area (TPSA) is 72.7 Å². The molecule has 0 aliphatic heterocycles. The van der Waals surface area contributed by atoms with E-state index in [2.05, 4.69) is 36.4 Å². The second-order valence-electron chi connectivity index (χ2n) is 4.09. The molecule has 2 aromatic heterocycles. The van der Waals surface area contributed by atoms with Gasteiger partial charge < -0.3 is 4.57 Å². The van der Waals surface area contributed by atoms with E-state index in [-0.39, 0.29) is 11.9 Å². The molecule has 100 valence electrons. The first kappa shape index (κ1) is 13.7. The van der Waals surface area contributed by atoms with Gasteiger partial charge in [0.25, 0.3) is 5.91 Å². The Kier molecular flexibility index (Phi) is 3.94. The highest BCUT2D eigenvalue weighted by molar-refractivity contribution is 9.10. The number of nitrogens with one attached hydrogen (secondary N) is 1. The largest absolute Gasteiger partial charge is 0.343 e. The van der Waals surface area contributed by atoms with E-state index in [0.29, 0.717) is 12.2 Å². The predicted octanol–water partition coefficient (Wildman–Crippen LogP) is 2.32. The first-order chi connectivity index (χ1) is 9.01. The molecule has 0 unspecified atom stereocenters. The van der Waals surface area contributed by atoms with Gasteiger partial charge in [-0.3, -0.25) is 10.1 Å². The van der Waals surface area contributed by atoms with Crippen molar-refractivity contribution >= 4 is 27.8 Å². The van der Waals surface area contributed by atoms with Crippen LogP contribution in [0.4, 0.5) is 5.95 Å². The molecule has 1 N–H and O–H groups in total. The number of halogens is 1. The fourth-order valence-electron chi connectivity index (χ4n) is 1.60. The zero-order valence-corrected chi connectivity index (χ0v) is 12.5. The van der Waals surface area contributed by atoms with Crippen molar-refractivity contribution in [3.8, 4) is 0 Å². The van der Waals surface area contributed by atoms with Gasteiger partial charge in [0.05, 0.1) is 11.4 Å². The number of aromatic nitrogens is 4. The van der Waals surface area contributed by atoms with Crippen molar-refractivity contribution in [3.63, 3.8) is 0 Å². The summed E-state index contributed by atoms with van der Waals surface area (Å²) in [5, 5.41) is 10.4. The highest BCUT2D eigenvalue weighted by atomic mass is 79.9. The third-order valence-corrected chi connectivity index (χ3v) is 3.19. The Hall–Kier alpha value is -1.76. The highest BCUT2D eigenvalue weighted by Gasteiger charge is 2.14. The molecule has 0 radical (unpaired) electrons. The Balaban J connectivity index is 2.22. The normalized spacial score (nSPS) is 10.5. The quantitative estimate of drug-likeness (QED) is 0.940. The molecule has 19 heavy (non-hydrogen) atoms. The van der Waals surface area contributed by atoms with E-state index in [9.17, 15) is 4.79 Å². The molecule has 2 heterocycles. The molecule has 0 atom stereocenters. The maximum Gasteiger partial charge on any atom is 0.274 e. The van der Waals surface area contributed by atoms with Gasteiger partial charge in [0.2, 0.25) is 5.95 Å². The molecule has 0 fully saturated rings. The van der Waals surface area contributed by atoms with Crippen LogP contribution >= 0.6 is 15.9 Å². The smallest absolute Gasteiger partial charge is 0.274 e. The third-order valence-electron chi connectivity index (χ3n) is 2.75. The van der Waals surface area contributed by atoms with E-state index >= 15 is 0 Å². The molecular formula is C12H14BrN5O. The number of aryl methyl sites for hydroxylation is 3. The van der Waals surface area contributed by atoms with Crippen LogP contribution in [0, 0.1) is 13.8 Å².